The van der Waals surface area contributed by atoms with E-state index < -0.39 is 0 Å². The number of halogens is 1. The highest BCUT2D eigenvalue weighted by molar-refractivity contribution is 6.31. The van der Waals surface area contributed by atoms with Gasteiger partial charge in [0.05, 0.1) is 5.56 Å². The number of phenolic OH excluding ortho intramolecular Hbond substituents is 2. The van der Waals surface area contributed by atoms with Gasteiger partial charge in [-0.15, -0.1) is 21.4 Å². The summed E-state index contributed by atoms with van der Waals surface area (Å²) in [6.45, 7) is 8.20. The largest absolute Gasteiger partial charge is 0.507 e. The molecule has 0 aliphatic carbocycles. The summed E-state index contributed by atoms with van der Waals surface area (Å²) in [5.74, 6) is 16.2. The van der Waals surface area contributed by atoms with Gasteiger partial charge >= 0.3 is 0 Å². The Morgan fingerprint density at radius 3 is 1.93 bits per heavy atom. The number of aryl methyl sites for hydroxylation is 1. The van der Waals surface area contributed by atoms with E-state index in [-0.39, 0.29) is 25.5 Å². The molecule has 0 saturated heterocycles. The lowest BCUT2D eigenvalue weighted by atomic mass is 9.85. The van der Waals surface area contributed by atoms with Gasteiger partial charge in [-0.25, -0.2) is 15.0 Å². The molecule has 0 unspecified atom stereocenters. The number of nitrogens with zero attached hydrogens (tertiary/aromatic N) is 6. The molecule has 0 atom stereocenters. The predicted octanol–water partition coefficient (Wildman–Crippen LogP) is 10.4. The Labute approximate surface area is 339 Å². The third-order valence-corrected chi connectivity index (χ3v) is 8.29. The highest BCUT2D eigenvalue weighted by atomic mass is 35.5. The first kappa shape index (κ1) is 38.2. The fourth-order valence-electron chi connectivity index (χ4n) is 5.41. The number of fused-ring (bicyclic) bond motifs is 1. The number of ether oxygens (including phenoxy) is 1. The third kappa shape index (κ3) is 9.32. The molecule has 10 heteroatoms. The molecule has 5 aromatic carbocycles. The van der Waals surface area contributed by atoms with Crippen LogP contribution in [0.1, 0.15) is 40.5 Å². The first-order valence-corrected chi connectivity index (χ1v) is 17.6. The second kappa shape index (κ2) is 17.1. The minimum absolute atomic E-state index is 0. The topological polar surface area (TPSA) is 119 Å². The third-order valence-electron chi connectivity index (χ3n) is 8.05. The van der Waals surface area contributed by atoms with E-state index in [1.807, 2.05) is 85.8 Å². The van der Waals surface area contributed by atoms with Crippen LogP contribution >= 0.6 is 11.6 Å². The molecule has 2 aromatic heterocycles. The lowest BCUT2D eigenvalue weighted by Gasteiger charge is -2.22. The minimum Gasteiger partial charge on any atom is -0.507 e. The van der Waals surface area contributed by atoms with Gasteiger partial charge in [-0.3, -0.25) is 0 Å². The smallest absolute Gasteiger partial charge is 0.167 e. The van der Waals surface area contributed by atoms with Crippen LogP contribution in [0.25, 0.3) is 50.9 Å². The number of phenols is 2. The Balaban J connectivity index is 0.00000117. The molecule has 0 amide bonds. The van der Waals surface area contributed by atoms with E-state index in [0.29, 0.717) is 45.0 Å². The molecule has 0 radical (unpaired) electrons. The summed E-state index contributed by atoms with van der Waals surface area (Å²) >= 11 is 5.99. The molecule has 0 saturated carbocycles. The van der Waals surface area contributed by atoms with E-state index in [1.54, 1.807) is 24.3 Å². The van der Waals surface area contributed by atoms with E-state index in [4.69, 9.17) is 22.8 Å². The van der Waals surface area contributed by atoms with E-state index in [9.17, 15) is 10.2 Å². The van der Waals surface area contributed by atoms with Gasteiger partial charge < -0.3 is 14.9 Å². The van der Waals surface area contributed by atoms with Crippen LogP contribution < -0.4 is 4.74 Å². The van der Waals surface area contributed by atoms with Crippen molar-refractivity contribution in [3.05, 3.63) is 125 Å². The van der Waals surface area contributed by atoms with Gasteiger partial charge in [0.2, 0.25) is 0 Å². The first-order chi connectivity index (χ1) is 27.0. The summed E-state index contributed by atoms with van der Waals surface area (Å²) in [4.78, 5) is 15.3. The van der Waals surface area contributed by atoms with Crippen LogP contribution in [0.5, 0.6) is 17.2 Å². The Kier molecular flexibility index (Phi) is 11.6. The van der Waals surface area contributed by atoms with Crippen LogP contribution in [0.3, 0.4) is 0 Å². The molecular weight excluding hydrogens is 720 g/mol. The van der Waals surface area contributed by atoms with Crippen molar-refractivity contribution < 1.29 is 23.5 Å². The highest BCUT2D eigenvalue weighted by Gasteiger charge is 2.22. The first-order valence-electron chi connectivity index (χ1n) is 17.2. The molecule has 2 heterocycles. The summed E-state index contributed by atoms with van der Waals surface area (Å²) in [7, 11) is 0. The quantitative estimate of drug-likeness (QED) is 0.166. The maximum Gasteiger partial charge on any atom is 0.167 e. The summed E-state index contributed by atoms with van der Waals surface area (Å²) in [5, 5.41) is 30.8. The summed E-state index contributed by atoms with van der Waals surface area (Å²) < 4.78 is 5.31. The van der Waals surface area contributed by atoms with Crippen LogP contribution in [-0.2, 0) is 5.41 Å². The zero-order valence-corrected chi connectivity index (χ0v) is 31.6. The molecule has 0 aliphatic rings. The van der Waals surface area contributed by atoms with Crippen LogP contribution in [0.15, 0.2) is 109 Å². The molecule has 9 nitrogen and oxygen atoms in total. The fourth-order valence-corrected chi connectivity index (χ4v) is 5.58. The summed E-state index contributed by atoms with van der Waals surface area (Å²) in [5.41, 5.74) is 5.89. The van der Waals surface area contributed by atoms with Crippen molar-refractivity contribution in [3.8, 4) is 105 Å². The van der Waals surface area contributed by atoms with Crippen molar-refractivity contribution in [1.29, 1.82) is 0 Å². The van der Waals surface area contributed by atoms with Crippen molar-refractivity contribution >= 4 is 22.6 Å². The molecule has 0 bridgehead atoms. The van der Waals surface area contributed by atoms with Crippen LogP contribution in [0.4, 0.5) is 0 Å². The van der Waals surface area contributed by atoms with Crippen molar-refractivity contribution in [1.82, 2.24) is 29.9 Å². The summed E-state index contributed by atoms with van der Waals surface area (Å²) in [6, 6.07) is 33.2. The zero-order chi connectivity index (χ0) is 39.7. The molecular formula is C46H45ClN6O3. The second-order valence-electron chi connectivity index (χ2n) is 13.2. The van der Waals surface area contributed by atoms with Crippen molar-refractivity contribution in [3.63, 3.8) is 0 Å². The minimum atomic E-state index is -0.166. The average Bonchev–Trinajstić information content (AvgIpc) is 3.62. The number of aromatic nitrogens is 6. The number of aromatic hydroxyl groups is 2. The highest BCUT2D eigenvalue weighted by Crippen LogP contribution is 2.36. The van der Waals surface area contributed by atoms with Gasteiger partial charge in [0.25, 0.3) is 0 Å². The predicted molar refractivity (Wildman–Crippen MR) is 232 cm³/mol. The Hall–Kier alpha value is -7.56. The SMILES string of the molecule is C#CC#CC#CC#COc1ccc(-c2nc(-c3ccccc3)nc(-c3ccccc3)n2)c(O)c1.Cc1cc(-n2nc3ccc(Cl)cc3n2)c(O)c(C(C)(C)C)c1.[HH].[HH].[HH].[HH].[HH].[HH]. The monoisotopic (exact) mass is 764 g/mol. The molecule has 0 spiro atoms. The van der Waals surface area contributed by atoms with Crippen LogP contribution in [0, 0.1) is 55.0 Å². The molecule has 7 aromatic rings. The van der Waals surface area contributed by atoms with Crippen molar-refractivity contribution in [2.24, 2.45) is 0 Å². The van der Waals surface area contributed by atoms with E-state index in [2.05, 4.69) is 87.5 Å². The number of hydrogen-bond acceptors (Lipinski definition) is 8. The number of rotatable bonds is 5. The Morgan fingerprint density at radius 2 is 1.30 bits per heavy atom. The Morgan fingerprint density at radius 1 is 0.696 bits per heavy atom. The summed E-state index contributed by atoms with van der Waals surface area (Å²) in [6.07, 6.45) is 7.43. The van der Waals surface area contributed by atoms with Crippen molar-refractivity contribution in [2.45, 2.75) is 33.1 Å². The lowest BCUT2D eigenvalue weighted by molar-refractivity contribution is 0.440. The van der Waals surface area contributed by atoms with Crippen LogP contribution in [-0.4, -0.2) is 40.2 Å². The van der Waals surface area contributed by atoms with Crippen LogP contribution in [0.2, 0.25) is 5.02 Å². The lowest BCUT2D eigenvalue weighted by Crippen LogP contribution is -2.13. The zero-order valence-electron chi connectivity index (χ0n) is 30.8. The van der Waals surface area contributed by atoms with Crippen molar-refractivity contribution in [2.75, 3.05) is 0 Å². The van der Waals surface area contributed by atoms with Gasteiger partial charge in [0, 0.05) is 54.1 Å². The second-order valence-corrected chi connectivity index (χ2v) is 13.7. The van der Waals surface area contributed by atoms with E-state index in [1.165, 1.54) is 10.9 Å². The normalized spacial score (nSPS) is 10.3. The molecule has 7 rings (SSSR count). The molecule has 56 heavy (non-hydrogen) atoms. The maximum atomic E-state index is 10.7. The molecule has 284 valence electrons. The molecule has 0 aliphatic heterocycles. The van der Waals surface area contributed by atoms with E-state index in [0.717, 1.165) is 27.8 Å². The van der Waals surface area contributed by atoms with Gasteiger partial charge in [-0.2, -0.15) is 0 Å². The standard InChI is InChI=1S/C29H15N3O2.C17H18ClN3O.6H2/c1-2-3-4-5-6-13-20-34-24-18-19-25(26(33)21-24)29-31-27(22-14-9-7-10-15-22)30-28(32-29)23-16-11-8-12-17-23;1-10-7-12(17(2,3)4)16(22)15(8-10)21-19-13-6-5-11(18)9-14(13)20-21;;;;;;/h1,7-12,14-19,21,33H;5-9,22H,1-4H3;6*1H. The van der Waals surface area contributed by atoms with Gasteiger partial charge in [-0.05, 0) is 72.1 Å². The van der Waals surface area contributed by atoms with Gasteiger partial charge in [0.1, 0.15) is 40.1 Å². The fraction of sp³-hybridized carbons (Fsp3) is 0.109. The Bertz CT molecular complexity index is 2760. The van der Waals surface area contributed by atoms with Gasteiger partial charge in [-0.1, -0.05) is 99.1 Å². The van der Waals surface area contributed by atoms with Gasteiger partial charge in [0.15, 0.2) is 17.5 Å². The average molecular weight is 765 g/mol. The van der Waals surface area contributed by atoms with E-state index >= 15 is 0 Å². The number of benzene rings is 5. The molecule has 2 N–H and O–H groups in total. The number of terminal acetylenes is 1. The maximum absolute atomic E-state index is 10.7. The number of hydrogen-bond donors (Lipinski definition) is 2. The molecule has 0 fully saturated rings.